The molecule has 0 spiro atoms. The summed E-state index contributed by atoms with van der Waals surface area (Å²) in [6.07, 6.45) is 1.25. The molecule has 0 unspecified atom stereocenters. The van der Waals surface area contributed by atoms with Gasteiger partial charge in [-0.1, -0.05) is 6.08 Å². The number of rotatable bonds is 1. The smallest absolute Gasteiger partial charge is 0.410 e. The molecule has 0 atom stereocenters. The zero-order chi connectivity index (χ0) is 17.4. The molecule has 0 aliphatic carbocycles. The molecule has 0 fully saturated rings. The van der Waals surface area contributed by atoms with Crippen LogP contribution < -0.4 is 5.73 Å². The molecule has 0 bridgehead atoms. The maximum Gasteiger partial charge on any atom is 0.410 e. The Morgan fingerprint density at radius 2 is 1.91 bits per heavy atom. The molecule has 2 rings (SSSR count). The van der Waals surface area contributed by atoms with Gasteiger partial charge in [0.05, 0.1) is 5.56 Å². The summed E-state index contributed by atoms with van der Waals surface area (Å²) in [5, 5.41) is 0. The Kier molecular flexibility index (Phi) is 4.58. The van der Waals surface area contributed by atoms with E-state index < -0.39 is 34.8 Å². The van der Waals surface area contributed by atoms with Crippen molar-refractivity contribution in [3.05, 3.63) is 35.2 Å². The Morgan fingerprint density at radius 3 is 2.43 bits per heavy atom. The summed E-state index contributed by atoms with van der Waals surface area (Å²) in [5.41, 5.74) is 3.96. The lowest BCUT2D eigenvalue weighted by molar-refractivity contribution is 0.0270. The van der Waals surface area contributed by atoms with E-state index in [-0.39, 0.29) is 25.1 Å². The normalized spacial score (nSPS) is 15.4. The first-order valence-corrected chi connectivity index (χ1v) is 7.20. The summed E-state index contributed by atoms with van der Waals surface area (Å²) in [7, 11) is 0. The highest BCUT2D eigenvalue weighted by Gasteiger charge is 2.26. The summed E-state index contributed by atoms with van der Waals surface area (Å²) < 4.78 is 46.4. The molecule has 0 radical (unpaired) electrons. The van der Waals surface area contributed by atoms with Crippen LogP contribution in [0.25, 0.3) is 5.57 Å². The highest BCUT2D eigenvalue weighted by Crippen LogP contribution is 2.31. The van der Waals surface area contributed by atoms with Crippen LogP contribution in [0.15, 0.2) is 12.1 Å². The number of carbonyl (C=O) groups is 1. The Morgan fingerprint density at radius 1 is 1.26 bits per heavy atom. The second-order valence-corrected chi connectivity index (χ2v) is 6.35. The van der Waals surface area contributed by atoms with Crippen molar-refractivity contribution in [2.75, 3.05) is 18.8 Å². The zero-order valence-electron chi connectivity index (χ0n) is 13.3. The second kappa shape index (κ2) is 6.14. The van der Waals surface area contributed by atoms with Crippen molar-refractivity contribution in [3.8, 4) is 0 Å². The number of benzene rings is 1. The molecule has 126 valence electrons. The topological polar surface area (TPSA) is 55.6 Å². The third-order valence-electron chi connectivity index (χ3n) is 3.39. The predicted molar refractivity (Wildman–Crippen MR) is 81.1 cm³/mol. The number of carbonyl (C=O) groups excluding carboxylic acids is 1. The van der Waals surface area contributed by atoms with Gasteiger partial charge in [0.2, 0.25) is 0 Å². The van der Waals surface area contributed by atoms with Gasteiger partial charge in [-0.15, -0.1) is 0 Å². The monoisotopic (exact) mass is 328 g/mol. The van der Waals surface area contributed by atoms with Gasteiger partial charge in [0.1, 0.15) is 17.1 Å². The van der Waals surface area contributed by atoms with E-state index in [4.69, 9.17) is 10.5 Å². The van der Waals surface area contributed by atoms with E-state index in [2.05, 4.69) is 0 Å². The Labute approximate surface area is 132 Å². The van der Waals surface area contributed by atoms with Crippen molar-refractivity contribution in [1.29, 1.82) is 0 Å². The summed E-state index contributed by atoms with van der Waals surface area (Å²) in [6, 6.07) is 0.564. The third kappa shape index (κ3) is 3.78. The highest BCUT2D eigenvalue weighted by atomic mass is 19.1. The van der Waals surface area contributed by atoms with E-state index in [0.717, 1.165) is 0 Å². The average molecular weight is 328 g/mol. The van der Waals surface area contributed by atoms with Gasteiger partial charge >= 0.3 is 6.09 Å². The van der Waals surface area contributed by atoms with E-state index in [1.807, 2.05) is 0 Å². The fraction of sp³-hybridized carbons (Fsp3) is 0.438. The molecule has 1 aliphatic heterocycles. The molecule has 2 N–H and O–H groups in total. The molecule has 1 heterocycles. The molecule has 4 nitrogen and oxygen atoms in total. The second-order valence-electron chi connectivity index (χ2n) is 6.35. The molecular formula is C16H19F3N2O2. The number of nitrogens with zero attached hydrogens (tertiary/aromatic N) is 1. The lowest BCUT2D eigenvalue weighted by atomic mass is 9.97. The van der Waals surface area contributed by atoms with E-state index >= 15 is 0 Å². The molecule has 1 amide bonds. The molecule has 1 aromatic rings. The van der Waals surface area contributed by atoms with Crippen LogP contribution in [-0.4, -0.2) is 29.7 Å². The van der Waals surface area contributed by atoms with Crippen LogP contribution in [0.2, 0.25) is 0 Å². The molecule has 0 saturated carbocycles. The van der Waals surface area contributed by atoms with Crippen molar-refractivity contribution < 1.29 is 22.7 Å². The Bertz CT molecular complexity index is 666. The summed E-state index contributed by atoms with van der Waals surface area (Å²) >= 11 is 0. The number of ether oxygens (including phenoxy) is 1. The van der Waals surface area contributed by atoms with Crippen LogP contribution in [-0.2, 0) is 4.74 Å². The van der Waals surface area contributed by atoms with Gasteiger partial charge < -0.3 is 15.4 Å². The van der Waals surface area contributed by atoms with Gasteiger partial charge in [-0.05, 0) is 32.8 Å². The number of halogens is 3. The molecule has 0 saturated heterocycles. The molecular weight excluding hydrogens is 309 g/mol. The third-order valence-corrected chi connectivity index (χ3v) is 3.39. The van der Waals surface area contributed by atoms with Crippen molar-refractivity contribution >= 4 is 17.4 Å². The van der Waals surface area contributed by atoms with Crippen molar-refractivity contribution in [2.45, 2.75) is 32.8 Å². The van der Waals surface area contributed by atoms with Crippen LogP contribution >= 0.6 is 0 Å². The first-order chi connectivity index (χ1) is 10.6. The molecule has 0 aromatic heterocycles. The Balaban J connectivity index is 2.20. The minimum atomic E-state index is -1.13. The number of nitrogen functional groups attached to an aromatic ring is 1. The maximum absolute atomic E-state index is 14.0. The lowest BCUT2D eigenvalue weighted by Gasteiger charge is -2.29. The lowest BCUT2D eigenvalue weighted by Crippen LogP contribution is -2.39. The summed E-state index contributed by atoms with van der Waals surface area (Å²) in [5.74, 6) is -3.25. The van der Waals surface area contributed by atoms with Crippen molar-refractivity contribution in [3.63, 3.8) is 0 Å². The summed E-state index contributed by atoms with van der Waals surface area (Å²) in [4.78, 5) is 13.4. The van der Waals surface area contributed by atoms with Crippen molar-refractivity contribution in [2.24, 2.45) is 0 Å². The Hall–Kier alpha value is -2.18. The van der Waals surface area contributed by atoms with Gasteiger partial charge in [0.25, 0.3) is 0 Å². The van der Waals surface area contributed by atoms with Crippen LogP contribution in [0.5, 0.6) is 0 Å². The van der Waals surface area contributed by atoms with Crippen LogP contribution in [0, 0.1) is 17.5 Å². The van der Waals surface area contributed by atoms with Crippen LogP contribution in [0.1, 0.15) is 32.8 Å². The van der Waals surface area contributed by atoms with Gasteiger partial charge in [0, 0.05) is 19.2 Å². The minimum Gasteiger partial charge on any atom is -0.444 e. The summed E-state index contributed by atoms with van der Waals surface area (Å²) in [6.45, 7) is 5.66. The van der Waals surface area contributed by atoms with Crippen LogP contribution in [0.4, 0.5) is 23.7 Å². The predicted octanol–water partition coefficient (Wildman–Crippen LogP) is 3.71. The van der Waals surface area contributed by atoms with E-state index in [0.29, 0.717) is 11.6 Å². The molecule has 23 heavy (non-hydrogen) atoms. The zero-order valence-corrected chi connectivity index (χ0v) is 13.3. The number of amides is 1. The van der Waals surface area contributed by atoms with E-state index in [1.54, 1.807) is 20.8 Å². The average Bonchev–Trinajstić information content (AvgIpc) is 2.44. The number of hydrogen-bond acceptors (Lipinski definition) is 3. The van der Waals surface area contributed by atoms with Gasteiger partial charge in [-0.2, -0.15) is 0 Å². The number of nitrogens with two attached hydrogens (primary N) is 1. The first-order valence-electron chi connectivity index (χ1n) is 7.20. The van der Waals surface area contributed by atoms with Gasteiger partial charge in [0.15, 0.2) is 11.6 Å². The fourth-order valence-corrected chi connectivity index (χ4v) is 2.29. The molecule has 1 aliphatic rings. The van der Waals surface area contributed by atoms with Crippen LogP contribution in [0.3, 0.4) is 0 Å². The van der Waals surface area contributed by atoms with Gasteiger partial charge in [-0.25, -0.2) is 18.0 Å². The van der Waals surface area contributed by atoms with Crippen molar-refractivity contribution in [1.82, 2.24) is 4.90 Å². The van der Waals surface area contributed by atoms with E-state index in [9.17, 15) is 18.0 Å². The molecule has 1 aromatic carbocycles. The fourth-order valence-electron chi connectivity index (χ4n) is 2.29. The van der Waals surface area contributed by atoms with E-state index in [1.165, 1.54) is 11.0 Å². The highest BCUT2D eigenvalue weighted by molar-refractivity contribution is 5.74. The van der Waals surface area contributed by atoms with Gasteiger partial charge in [-0.3, -0.25) is 0 Å². The quantitative estimate of drug-likeness (QED) is 0.800. The minimum absolute atomic E-state index is 0.153. The largest absolute Gasteiger partial charge is 0.444 e. The molecule has 7 heteroatoms. The maximum atomic E-state index is 14.0. The standard InChI is InChI=1S/C16H19F3N2O2/c1-16(2,3)23-15(22)21-6-4-9(5-7-21)12-10(17)8-11(18)14(20)13(12)19/h4,8H,5-7,20H2,1-3H3. The SMILES string of the molecule is CC(C)(C)OC(=O)N1CC=C(c2c(F)cc(F)c(N)c2F)CC1. The number of anilines is 1. The number of hydrogen-bond donors (Lipinski definition) is 1. The first kappa shape index (κ1) is 17.2.